The number of aromatic nitrogens is 3. The minimum atomic E-state index is -0.216. The first kappa shape index (κ1) is 36.4. The van der Waals surface area contributed by atoms with Gasteiger partial charge >= 0.3 is 0 Å². The first-order valence-corrected chi connectivity index (χ1v) is 21.4. The summed E-state index contributed by atoms with van der Waals surface area (Å²) in [7, 11) is 0. The van der Waals surface area contributed by atoms with Crippen LogP contribution in [-0.2, 0) is 0 Å². The van der Waals surface area contributed by atoms with Crippen molar-refractivity contribution in [2.24, 2.45) is 4.99 Å². The Hall–Kier alpha value is -8.41. The number of benzene rings is 9. The molecule has 0 amide bonds. The summed E-state index contributed by atoms with van der Waals surface area (Å²) >= 11 is 0. The highest BCUT2D eigenvalue weighted by atomic mass is 15.1. The highest BCUT2D eigenvalue weighted by Crippen LogP contribution is 2.40. The zero-order chi connectivity index (χ0) is 41.7. The topological polar surface area (TPSA) is 55.1 Å². The molecule has 1 aliphatic rings. The monoisotopic (exact) mass is 805 g/mol. The van der Waals surface area contributed by atoms with Crippen molar-refractivity contribution in [2.45, 2.75) is 6.17 Å². The first-order chi connectivity index (χ1) is 31.2. The summed E-state index contributed by atoms with van der Waals surface area (Å²) in [4.78, 5) is 15.6. The van der Waals surface area contributed by atoms with Crippen LogP contribution < -0.4 is 5.32 Å². The number of imidazole rings is 1. The van der Waals surface area contributed by atoms with E-state index in [9.17, 15) is 0 Å². The van der Waals surface area contributed by atoms with Crippen LogP contribution in [0.25, 0.3) is 88.5 Å². The Balaban J connectivity index is 0.923. The maximum absolute atomic E-state index is 5.49. The van der Waals surface area contributed by atoms with Gasteiger partial charge in [0.05, 0.1) is 22.3 Å². The molecule has 0 fully saturated rings. The van der Waals surface area contributed by atoms with E-state index in [2.05, 4.69) is 210 Å². The molecule has 12 rings (SSSR count). The number of nitrogens with zero attached hydrogens (tertiary/aromatic N) is 4. The SMILES string of the molecule is C1=C(c2ccc(-c3ccc(-n4c(-c5cccc6ccccc56)nc5c6cccnc6c6ccccc6c54)cc3)cc2)NC(c2ccccc2)N=C1c1ccc(-c2ccccc2)cc1. The third-order valence-electron chi connectivity index (χ3n) is 12.3. The molecular weight excluding hydrogens is 767 g/mol. The third-order valence-corrected chi connectivity index (χ3v) is 12.3. The highest BCUT2D eigenvalue weighted by molar-refractivity contribution is 6.23. The number of pyridine rings is 1. The highest BCUT2D eigenvalue weighted by Gasteiger charge is 2.23. The van der Waals surface area contributed by atoms with Crippen molar-refractivity contribution in [1.82, 2.24) is 19.9 Å². The van der Waals surface area contributed by atoms with Crippen LogP contribution in [0.5, 0.6) is 0 Å². The van der Waals surface area contributed by atoms with Crippen molar-refractivity contribution in [3.63, 3.8) is 0 Å². The van der Waals surface area contributed by atoms with Gasteiger partial charge in [-0.25, -0.2) is 4.98 Å². The Kier molecular flexibility index (Phi) is 8.82. The van der Waals surface area contributed by atoms with Gasteiger partial charge in [-0.1, -0.05) is 188 Å². The Labute approximate surface area is 365 Å². The van der Waals surface area contributed by atoms with E-state index < -0.39 is 0 Å². The van der Waals surface area contributed by atoms with E-state index in [0.29, 0.717) is 0 Å². The van der Waals surface area contributed by atoms with E-state index in [0.717, 1.165) is 94.4 Å². The van der Waals surface area contributed by atoms with E-state index >= 15 is 0 Å². The normalized spacial score (nSPS) is 13.9. The Morgan fingerprint density at radius 2 is 1.00 bits per heavy atom. The fourth-order valence-corrected chi connectivity index (χ4v) is 9.18. The van der Waals surface area contributed by atoms with Crippen LogP contribution in [0.3, 0.4) is 0 Å². The molecule has 3 heterocycles. The molecule has 0 spiro atoms. The molecule has 296 valence electrons. The van der Waals surface area contributed by atoms with E-state index in [-0.39, 0.29) is 6.17 Å². The molecule has 9 aromatic carbocycles. The summed E-state index contributed by atoms with van der Waals surface area (Å²) in [6.45, 7) is 0. The van der Waals surface area contributed by atoms with E-state index in [1.54, 1.807) is 0 Å². The van der Waals surface area contributed by atoms with Gasteiger partial charge in [0.25, 0.3) is 0 Å². The number of rotatable bonds is 7. The lowest BCUT2D eigenvalue weighted by atomic mass is 9.98. The molecule has 1 unspecified atom stereocenters. The van der Waals surface area contributed by atoms with Crippen LogP contribution >= 0.6 is 0 Å². The Bertz CT molecular complexity index is 3550. The van der Waals surface area contributed by atoms with E-state index in [1.165, 1.54) is 16.5 Å². The summed E-state index contributed by atoms with van der Waals surface area (Å²) in [5, 5.41) is 9.35. The second-order valence-electron chi connectivity index (χ2n) is 16.0. The maximum atomic E-state index is 5.49. The molecule has 0 bridgehead atoms. The lowest BCUT2D eigenvalue weighted by molar-refractivity contribution is 0.664. The fraction of sp³-hybridized carbons (Fsp3) is 0.0172. The predicted molar refractivity (Wildman–Crippen MR) is 261 cm³/mol. The minimum Gasteiger partial charge on any atom is -0.360 e. The van der Waals surface area contributed by atoms with Crippen LogP contribution in [-0.4, -0.2) is 20.2 Å². The molecule has 0 saturated carbocycles. The molecule has 11 aromatic rings. The van der Waals surface area contributed by atoms with Gasteiger partial charge in [0.2, 0.25) is 0 Å². The maximum Gasteiger partial charge on any atom is 0.146 e. The quantitative estimate of drug-likeness (QED) is 0.163. The number of fused-ring (bicyclic) bond motifs is 7. The van der Waals surface area contributed by atoms with Crippen molar-refractivity contribution >= 4 is 54.9 Å². The Morgan fingerprint density at radius 1 is 0.429 bits per heavy atom. The molecule has 63 heavy (non-hydrogen) atoms. The number of hydrogen-bond acceptors (Lipinski definition) is 4. The standard InChI is InChI=1S/C58H39N5/c1-3-13-38(14-4-1)39-24-28-43(29-25-39)52-37-53(61-57(60-52)45-16-5-2-6-17-45)44-30-26-40(27-31-44)41-32-34-46(35-33-41)63-56-49-21-10-9-20-48(49)54-51(23-12-36-59-54)55(56)62-58(63)50-22-11-18-42-15-7-8-19-47(42)50/h1-37,57,61H. The molecule has 1 N–H and O–H groups in total. The zero-order valence-corrected chi connectivity index (χ0v) is 34.2. The second-order valence-corrected chi connectivity index (χ2v) is 16.0. The summed E-state index contributed by atoms with van der Waals surface area (Å²) in [6.07, 6.45) is 3.83. The van der Waals surface area contributed by atoms with E-state index in [4.69, 9.17) is 15.0 Å². The van der Waals surface area contributed by atoms with Crippen LogP contribution in [0.2, 0.25) is 0 Å². The van der Waals surface area contributed by atoms with Gasteiger partial charge < -0.3 is 5.32 Å². The van der Waals surface area contributed by atoms with Gasteiger partial charge in [0, 0.05) is 39.3 Å². The summed E-state index contributed by atoms with van der Waals surface area (Å²) in [6, 6.07) is 75.1. The molecule has 0 radical (unpaired) electrons. The van der Waals surface area contributed by atoms with Crippen LogP contribution in [0.15, 0.2) is 230 Å². The molecule has 5 heteroatoms. The minimum absolute atomic E-state index is 0.216. The largest absolute Gasteiger partial charge is 0.360 e. The van der Waals surface area contributed by atoms with Crippen molar-refractivity contribution in [3.05, 3.63) is 241 Å². The zero-order valence-electron chi connectivity index (χ0n) is 34.2. The Morgan fingerprint density at radius 3 is 1.75 bits per heavy atom. The first-order valence-electron chi connectivity index (χ1n) is 21.4. The molecule has 1 atom stereocenters. The molecular formula is C58H39N5. The van der Waals surface area contributed by atoms with Crippen molar-refractivity contribution in [2.75, 3.05) is 0 Å². The number of nitrogens with one attached hydrogen (secondary N) is 1. The number of allylic oxidation sites excluding steroid dienone is 1. The average Bonchev–Trinajstić information content (AvgIpc) is 3.78. The number of aliphatic imine (C=N–C) groups is 1. The van der Waals surface area contributed by atoms with Crippen LogP contribution in [0.4, 0.5) is 0 Å². The van der Waals surface area contributed by atoms with Gasteiger partial charge in [-0.15, -0.1) is 0 Å². The third kappa shape index (κ3) is 6.46. The van der Waals surface area contributed by atoms with Gasteiger partial charge in [0.15, 0.2) is 0 Å². The van der Waals surface area contributed by atoms with Crippen molar-refractivity contribution < 1.29 is 0 Å². The molecule has 5 nitrogen and oxygen atoms in total. The number of hydrogen-bond donors (Lipinski definition) is 1. The average molecular weight is 806 g/mol. The fourth-order valence-electron chi connectivity index (χ4n) is 9.18. The van der Waals surface area contributed by atoms with Crippen LogP contribution in [0, 0.1) is 0 Å². The predicted octanol–water partition coefficient (Wildman–Crippen LogP) is 14.0. The summed E-state index contributed by atoms with van der Waals surface area (Å²) in [5.41, 5.74) is 15.0. The van der Waals surface area contributed by atoms with Crippen molar-refractivity contribution in [3.8, 4) is 39.3 Å². The van der Waals surface area contributed by atoms with Crippen LogP contribution in [0.1, 0.15) is 22.9 Å². The summed E-state index contributed by atoms with van der Waals surface area (Å²) < 4.78 is 2.34. The van der Waals surface area contributed by atoms with Crippen molar-refractivity contribution in [1.29, 1.82) is 0 Å². The van der Waals surface area contributed by atoms with Gasteiger partial charge in [0.1, 0.15) is 12.0 Å². The lowest BCUT2D eigenvalue weighted by Gasteiger charge is -2.25. The molecule has 0 saturated heterocycles. The lowest BCUT2D eigenvalue weighted by Crippen LogP contribution is -2.24. The second kappa shape index (κ2) is 15.2. The smallest absolute Gasteiger partial charge is 0.146 e. The molecule has 0 aliphatic carbocycles. The molecule has 1 aliphatic heterocycles. The van der Waals surface area contributed by atoms with Gasteiger partial charge in [-0.05, 0) is 80.1 Å². The summed E-state index contributed by atoms with van der Waals surface area (Å²) in [5.74, 6) is 0.900. The van der Waals surface area contributed by atoms with Gasteiger partial charge in [-0.2, -0.15) is 0 Å². The van der Waals surface area contributed by atoms with Gasteiger partial charge in [-0.3, -0.25) is 14.5 Å². The van der Waals surface area contributed by atoms with E-state index in [1.807, 2.05) is 24.4 Å². The molecule has 2 aromatic heterocycles.